The number of Topliss-reactive ketones (excluding diaryl/α,β-unsaturated/α-hetero) is 1. The summed E-state index contributed by atoms with van der Waals surface area (Å²) in [6.07, 6.45) is 0.923. The van der Waals surface area contributed by atoms with Gasteiger partial charge in [-0.1, -0.05) is 41.2 Å². The average molecular weight is 275 g/mol. The third-order valence-corrected chi connectivity index (χ3v) is 3.90. The van der Waals surface area contributed by atoms with Crippen LogP contribution in [0.5, 0.6) is 0 Å². The number of nitrogens with zero attached hydrogens (tertiary/aromatic N) is 1. The molecular weight excluding hydrogens is 262 g/mol. The number of thiophene rings is 1. The van der Waals surface area contributed by atoms with Crippen molar-refractivity contribution in [2.45, 2.75) is 19.8 Å². The van der Waals surface area contributed by atoms with E-state index in [4.69, 9.17) is 0 Å². The Hall–Kier alpha value is -2.01. The second-order valence-electron chi connectivity index (χ2n) is 4.29. The number of benzene rings is 1. The van der Waals surface area contributed by atoms with Gasteiger partial charge in [0, 0.05) is 22.9 Å². The van der Waals surface area contributed by atoms with Crippen molar-refractivity contribution >= 4 is 22.1 Å². The molecule has 2 aromatic rings. The topological polar surface area (TPSA) is 60.2 Å². The van der Waals surface area contributed by atoms with Crippen molar-refractivity contribution < 1.29 is 9.72 Å². The molecule has 0 unspecified atom stereocenters. The van der Waals surface area contributed by atoms with Crippen molar-refractivity contribution in [1.82, 2.24) is 0 Å². The molecule has 0 saturated carbocycles. The Morgan fingerprint density at radius 1 is 1.21 bits per heavy atom. The van der Waals surface area contributed by atoms with Crippen LogP contribution < -0.4 is 0 Å². The van der Waals surface area contributed by atoms with E-state index in [1.807, 2.05) is 31.2 Å². The van der Waals surface area contributed by atoms with E-state index in [-0.39, 0.29) is 10.8 Å². The monoisotopic (exact) mass is 275 g/mol. The number of rotatable bonds is 5. The molecule has 1 aromatic heterocycles. The summed E-state index contributed by atoms with van der Waals surface area (Å²) < 4.78 is 0. The average Bonchev–Trinajstić information content (AvgIpc) is 2.86. The Morgan fingerprint density at radius 2 is 1.89 bits per heavy atom. The van der Waals surface area contributed by atoms with E-state index in [1.54, 1.807) is 6.07 Å². The van der Waals surface area contributed by atoms with E-state index in [0.717, 1.165) is 21.8 Å². The first-order valence-corrected chi connectivity index (χ1v) is 6.71. The van der Waals surface area contributed by atoms with Crippen molar-refractivity contribution in [2.75, 3.05) is 0 Å². The molecule has 19 heavy (non-hydrogen) atoms. The van der Waals surface area contributed by atoms with E-state index in [2.05, 4.69) is 0 Å². The predicted octanol–water partition coefficient (Wildman–Crippen LogP) is 3.78. The Kier molecular flexibility index (Phi) is 4.06. The molecule has 0 aliphatic rings. The SMILES string of the molecule is Cc1ccc(C(=O)CCc2ccc([N+](=O)[O-])s2)cc1. The number of carbonyl (C=O) groups is 1. The van der Waals surface area contributed by atoms with Gasteiger partial charge in [0.2, 0.25) is 0 Å². The Labute approximate surface area is 114 Å². The van der Waals surface area contributed by atoms with Crippen molar-refractivity contribution in [1.29, 1.82) is 0 Å². The van der Waals surface area contributed by atoms with Crippen LogP contribution >= 0.6 is 11.3 Å². The molecule has 0 spiro atoms. The lowest BCUT2D eigenvalue weighted by atomic mass is 10.0. The molecule has 0 fully saturated rings. The van der Waals surface area contributed by atoms with Gasteiger partial charge >= 0.3 is 5.00 Å². The first-order chi connectivity index (χ1) is 9.06. The predicted molar refractivity (Wildman–Crippen MR) is 74.8 cm³/mol. The summed E-state index contributed by atoms with van der Waals surface area (Å²) in [5, 5.41) is 10.7. The van der Waals surface area contributed by atoms with Crippen LogP contribution in [0, 0.1) is 17.0 Å². The van der Waals surface area contributed by atoms with Crippen LogP contribution in [0.1, 0.15) is 27.2 Å². The molecule has 98 valence electrons. The highest BCUT2D eigenvalue weighted by Crippen LogP contribution is 2.25. The maximum atomic E-state index is 11.9. The highest BCUT2D eigenvalue weighted by molar-refractivity contribution is 7.15. The van der Waals surface area contributed by atoms with E-state index < -0.39 is 4.92 Å². The summed E-state index contributed by atoms with van der Waals surface area (Å²) in [5.74, 6) is 0.0658. The van der Waals surface area contributed by atoms with Crippen molar-refractivity contribution in [3.8, 4) is 0 Å². The summed E-state index contributed by atoms with van der Waals surface area (Å²) in [6.45, 7) is 1.97. The van der Waals surface area contributed by atoms with Gasteiger partial charge in [0.25, 0.3) is 0 Å². The third-order valence-electron chi connectivity index (χ3n) is 2.80. The lowest BCUT2D eigenvalue weighted by molar-refractivity contribution is -0.380. The van der Waals surface area contributed by atoms with Crippen molar-refractivity contribution in [3.63, 3.8) is 0 Å². The van der Waals surface area contributed by atoms with Gasteiger partial charge in [-0.25, -0.2) is 0 Å². The molecule has 0 aliphatic carbocycles. The Balaban J connectivity index is 1.96. The number of hydrogen-bond acceptors (Lipinski definition) is 4. The minimum Gasteiger partial charge on any atom is -0.294 e. The molecule has 0 atom stereocenters. The lowest BCUT2D eigenvalue weighted by Crippen LogP contribution is -2.00. The lowest BCUT2D eigenvalue weighted by Gasteiger charge is -2.00. The summed E-state index contributed by atoms with van der Waals surface area (Å²) in [7, 11) is 0. The molecule has 0 bridgehead atoms. The largest absolute Gasteiger partial charge is 0.324 e. The van der Waals surface area contributed by atoms with Crippen LogP contribution in [0.25, 0.3) is 0 Å². The second-order valence-corrected chi connectivity index (χ2v) is 5.43. The number of nitro groups is 1. The number of carbonyl (C=O) groups excluding carboxylic acids is 1. The van der Waals surface area contributed by atoms with Gasteiger partial charge in [0.1, 0.15) is 0 Å². The number of aryl methyl sites for hydroxylation is 2. The van der Waals surface area contributed by atoms with Gasteiger partial charge in [0.05, 0.1) is 4.92 Å². The molecule has 5 heteroatoms. The minimum absolute atomic E-state index is 0.0658. The second kappa shape index (κ2) is 5.75. The quantitative estimate of drug-likeness (QED) is 0.474. The molecule has 0 saturated heterocycles. The zero-order valence-corrected chi connectivity index (χ0v) is 11.3. The maximum absolute atomic E-state index is 11.9. The van der Waals surface area contributed by atoms with Crippen LogP contribution in [0.4, 0.5) is 5.00 Å². The highest BCUT2D eigenvalue weighted by Gasteiger charge is 2.11. The summed E-state index contributed by atoms with van der Waals surface area (Å²) in [4.78, 5) is 23.0. The van der Waals surface area contributed by atoms with Gasteiger partial charge in [-0.15, -0.1) is 0 Å². The number of hydrogen-bond donors (Lipinski definition) is 0. The maximum Gasteiger partial charge on any atom is 0.324 e. The third kappa shape index (κ3) is 3.48. The summed E-state index contributed by atoms with van der Waals surface area (Å²) in [5.41, 5.74) is 1.81. The highest BCUT2D eigenvalue weighted by atomic mass is 32.1. The Bertz CT molecular complexity index is 601. The van der Waals surface area contributed by atoms with Crippen LogP contribution in [-0.2, 0) is 6.42 Å². The van der Waals surface area contributed by atoms with E-state index >= 15 is 0 Å². The van der Waals surface area contributed by atoms with Gasteiger partial charge < -0.3 is 0 Å². The summed E-state index contributed by atoms with van der Waals surface area (Å²) in [6, 6.07) is 10.6. The smallest absolute Gasteiger partial charge is 0.294 e. The molecule has 2 rings (SSSR count). The molecule has 4 nitrogen and oxygen atoms in total. The molecule has 0 amide bonds. The fraction of sp³-hybridized carbons (Fsp3) is 0.214. The molecule has 0 N–H and O–H groups in total. The first-order valence-electron chi connectivity index (χ1n) is 5.89. The molecule has 1 heterocycles. The Morgan fingerprint density at radius 3 is 2.47 bits per heavy atom. The summed E-state index contributed by atoms with van der Waals surface area (Å²) >= 11 is 1.13. The van der Waals surface area contributed by atoms with Gasteiger partial charge in [-0.2, -0.15) is 0 Å². The standard InChI is InChI=1S/C14H13NO3S/c1-10-2-4-11(5-3-10)13(16)8-6-12-7-9-14(19-12)15(17)18/h2-5,7,9H,6,8H2,1H3. The zero-order chi connectivity index (χ0) is 13.8. The first kappa shape index (κ1) is 13.4. The normalized spacial score (nSPS) is 10.4. The van der Waals surface area contributed by atoms with Gasteiger partial charge in [0.15, 0.2) is 5.78 Å². The molecular formula is C14H13NO3S. The van der Waals surface area contributed by atoms with Crippen LogP contribution in [-0.4, -0.2) is 10.7 Å². The van der Waals surface area contributed by atoms with Gasteiger partial charge in [-0.05, 0) is 19.4 Å². The van der Waals surface area contributed by atoms with E-state index in [1.165, 1.54) is 6.07 Å². The fourth-order valence-electron chi connectivity index (χ4n) is 1.72. The van der Waals surface area contributed by atoms with Crippen LogP contribution in [0.2, 0.25) is 0 Å². The van der Waals surface area contributed by atoms with Gasteiger partial charge in [-0.3, -0.25) is 14.9 Å². The molecule has 1 aromatic carbocycles. The van der Waals surface area contributed by atoms with Crippen LogP contribution in [0.15, 0.2) is 36.4 Å². The molecule has 0 aliphatic heterocycles. The number of ketones is 1. The van der Waals surface area contributed by atoms with Crippen molar-refractivity contribution in [2.24, 2.45) is 0 Å². The molecule has 0 radical (unpaired) electrons. The van der Waals surface area contributed by atoms with E-state index in [0.29, 0.717) is 18.4 Å². The van der Waals surface area contributed by atoms with Crippen LogP contribution in [0.3, 0.4) is 0 Å². The van der Waals surface area contributed by atoms with E-state index in [9.17, 15) is 14.9 Å². The van der Waals surface area contributed by atoms with Crippen molar-refractivity contribution in [3.05, 3.63) is 62.5 Å². The zero-order valence-electron chi connectivity index (χ0n) is 10.5. The minimum atomic E-state index is -0.407. The fourth-order valence-corrected chi connectivity index (χ4v) is 2.54.